The van der Waals surface area contributed by atoms with Crippen LogP contribution in [-0.4, -0.2) is 80.0 Å². The number of piperazine rings is 1. The second-order valence-corrected chi connectivity index (χ2v) is 8.56. The molecule has 32 heavy (non-hydrogen) atoms. The lowest BCUT2D eigenvalue weighted by Crippen LogP contribution is -2.53. The number of hydrogen-bond acceptors (Lipinski definition) is 5. The maximum atomic E-state index is 12.9. The summed E-state index contributed by atoms with van der Waals surface area (Å²) >= 11 is 0. The summed E-state index contributed by atoms with van der Waals surface area (Å²) in [6.07, 6.45) is 2.86. The molecule has 0 atom stereocenters. The molecule has 5 rings (SSSR count). The minimum absolute atomic E-state index is 0.0432. The van der Waals surface area contributed by atoms with Crippen LogP contribution in [0.3, 0.4) is 0 Å². The van der Waals surface area contributed by atoms with E-state index in [0.29, 0.717) is 51.1 Å². The van der Waals surface area contributed by atoms with E-state index in [4.69, 9.17) is 5.11 Å². The van der Waals surface area contributed by atoms with Gasteiger partial charge in [0.25, 0.3) is 11.8 Å². The second kappa shape index (κ2) is 8.03. The molecule has 0 radical (unpaired) electrons. The van der Waals surface area contributed by atoms with Crippen LogP contribution in [0.2, 0.25) is 0 Å². The maximum absolute atomic E-state index is 12.9. The first-order chi connectivity index (χ1) is 15.5. The summed E-state index contributed by atoms with van der Waals surface area (Å²) in [5.74, 6) is -0.248. The maximum Gasteiger partial charge on any atom is 0.254 e. The van der Waals surface area contributed by atoms with Crippen molar-refractivity contribution in [1.82, 2.24) is 19.6 Å². The van der Waals surface area contributed by atoms with Gasteiger partial charge in [0, 0.05) is 37.1 Å². The third-order valence-electron chi connectivity index (χ3n) is 6.39. The Morgan fingerprint density at radius 1 is 0.938 bits per heavy atom. The Balaban J connectivity index is 1.25. The average molecular weight is 434 g/mol. The third-order valence-corrected chi connectivity index (χ3v) is 6.39. The number of amides is 2. The Kier molecular flexibility index (Phi) is 5.19. The first-order valence-corrected chi connectivity index (χ1v) is 11.0. The number of rotatable bonds is 5. The molecule has 1 aromatic heterocycles. The van der Waals surface area contributed by atoms with Gasteiger partial charge in [-0.05, 0) is 48.2 Å². The number of aromatic nitrogens is 2. The van der Waals surface area contributed by atoms with Gasteiger partial charge in [0.2, 0.25) is 0 Å². The van der Waals surface area contributed by atoms with Crippen molar-refractivity contribution in [3.05, 3.63) is 54.2 Å². The number of carbonyl (C=O) groups is 2. The average Bonchev–Trinajstić information content (AvgIpc) is 3.47. The molecule has 2 heterocycles. The zero-order chi connectivity index (χ0) is 22.3. The zero-order valence-corrected chi connectivity index (χ0v) is 17.8. The molecule has 1 aliphatic carbocycles. The monoisotopic (exact) mass is 434 g/mol. The van der Waals surface area contributed by atoms with E-state index in [1.165, 1.54) is 0 Å². The molecule has 0 spiro atoms. The van der Waals surface area contributed by atoms with Gasteiger partial charge in [-0.15, -0.1) is 0 Å². The van der Waals surface area contributed by atoms with Crippen molar-refractivity contribution >= 4 is 22.7 Å². The van der Waals surface area contributed by atoms with Crippen molar-refractivity contribution in [2.24, 2.45) is 0 Å². The molecule has 2 aromatic carbocycles. The van der Waals surface area contributed by atoms with E-state index in [1.54, 1.807) is 20.7 Å². The van der Waals surface area contributed by atoms with Gasteiger partial charge in [-0.25, -0.2) is 0 Å². The van der Waals surface area contributed by atoms with Gasteiger partial charge in [0.1, 0.15) is 5.60 Å². The number of fused-ring (bicyclic) bond motifs is 1. The quantitative estimate of drug-likeness (QED) is 0.634. The summed E-state index contributed by atoms with van der Waals surface area (Å²) in [4.78, 5) is 28.6. The molecule has 3 aromatic rings. The minimum Gasteiger partial charge on any atom is -0.394 e. The lowest BCUT2D eigenvalue weighted by Gasteiger charge is -2.35. The van der Waals surface area contributed by atoms with Crippen LogP contribution >= 0.6 is 0 Å². The fraction of sp³-hybridized carbons (Fsp3) is 0.375. The van der Waals surface area contributed by atoms with Crippen LogP contribution in [-0.2, 0) is 11.3 Å². The van der Waals surface area contributed by atoms with Crippen molar-refractivity contribution in [2.45, 2.75) is 25.0 Å². The first kappa shape index (κ1) is 20.7. The zero-order valence-electron chi connectivity index (χ0n) is 17.8. The van der Waals surface area contributed by atoms with Gasteiger partial charge >= 0.3 is 0 Å². The van der Waals surface area contributed by atoms with Crippen molar-refractivity contribution in [3.63, 3.8) is 0 Å². The SMILES string of the molecule is O=C(c1ccc(-c2ccc3c(cnn3CCO)c2)cc1)N1CCN(C(=O)C2(O)CC2)CC1. The number of benzene rings is 2. The Bertz CT molecular complexity index is 1160. The molecule has 0 bridgehead atoms. The number of aliphatic hydroxyl groups excluding tert-OH is 1. The molecule has 166 valence electrons. The van der Waals surface area contributed by atoms with Crippen LogP contribution in [0.4, 0.5) is 0 Å². The molecule has 2 fully saturated rings. The highest BCUT2D eigenvalue weighted by Gasteiger charge is 2.50. The highest BCUT2D eigenvalue weighted by atomic mass is 16.3. The van der Waals surface area contributed by atoms with Crippen LogP contribution in [0.1, 0.15) is 23.2 Å². The van der Waals surface area contributed by atoms with E-state index in [0.717, 1.165) is 22.0 Å². The number of hydrogen-bond donors (Lipinski definition) is 2. The Hall–Kier alpha value is -3.23. The predicted molar refractivity (Wildman–Crippen MR) is 119 cm³/mol. The number of nitrogens with zero attached hydrogens (tertiary/aromatic N) is 4. The summed E-state index contributed by atoms with van der Waals surface area (Å²) in [6.45, 7) is 2.35. The Labute approximate surface area is 185 Å². The van der Waals surface area contributed by atoms with Gasteiger partial charge < -0.3 is 20.0 Å². The first-order valence-electron chi connectivity index (χ1n) is 11.0. The van der Waals surface area contributed by atoms with Crippen LogP contribution in [0.25, 0.3) is 22.0 Å². The van der Waals surface area contributed by atoms with Crippen LogP contribution < -0.4 is 0 Å². The largest absolute Gasteiger partial charge is 0.394 e. The summed E-state index contributed by atoms with van der Waals surface area (Å²) in [7, 11) is 0. The normalized spacial score (nSPS) is 17.6. The molecule has 2 aliphatic rings. The summed E-state index contributed by atoms with van der Waals surface area (Å²) in [6, 6.07) is 13.6. The number of aliphatic hydroxyl groups is 2. The highest BCUT2D eigenvalue weighted by Crippen LogP contribution is 2.37. The van der Waals surface area contributed by atoms with E-state index in [9.17, 15) is 14.7 Å². The van der Waals surface area contributed by atoms with Gasteiger partial charge in [0.15, 0.2) is 0 Å². The van der Waals surface area contributed by atoms with Crippen molar-refractivity contribution in [1.29, 1.82) is 0 Å². The second-order valence-electron chi connectivity index (χ2n) is 8.56. The molecule has 2 N–H and O–H groups in total. The van der Waals surface area contributed by atoms with Crippen molar-refractivity contribution in [2.75, 3.05) is 32.8 Å². The van der Waals surface area contributed by atoms with Gasteiger partial charge in [-0.3, -0.25) is 14.3 Å². The van der Waals surface area contributed by atoms with E-state index < -0.39 is 5.60 Å². The molecule has 2 amide bonds. The van der Waals surface area contributed by atoms with Crippen LogP contribution in [0.15, 0.2) is 48.7 Å². The molecule has 1 saturated carbocycles. The smallest absolute Gasteiger partial charge is 0.254 e. The van der Waals surface area contributed by atoms with Crippen molar-refractivity contribution < 1.29 is 19.8 Å². The van der Waals surface area contributed by atoms with Gasteiger partial charge in [-0.2, -0.15) is 5.10 Å². The van der Waals surface area contributed by atoms with Crippen LogP contribution in [0, 0.1) is 0 Å². The third kappa shape index (κ3) is 3.76. The van der Waals surface area contributed by atoms with Crippen molar-refractivity contribution in [3.8, 4) is 11.1 Å². The minimum atomic E-state index is -1.15. The summed E-state index contributed by atoms with van der Waals surface area (Å²) in [5.41, 5.74) is 2.48. The highest BCUT2D eigenvalue weighted by molar-refractivity contribution is 5.95. The fourth-order valence-electron chi connectivity index (χ4n) is 4.27. The molecule has 0 unspecified atom stereocenters. The molecule has 8 heteroatoms. The fourth-order valence-corrected chi connectivity index (χ4v) is 4.27. The molecular formula is C24H26N4O4. The molecule has 1 saturated heterocycles. The van der Waals surface area contributed by atoms with E-state index in [2.05, 4.69) is 11.2 Å². The lowest BCUT2D eigenvalue weighted by atomic mass is 10.0. The van der Waals surface area contributed by atoms with E-state index in [-0.39, 0.29) is 18.4 Å². The van der Waals surface area contributed by atoms with E-state index >= 15 is 0 Å². The predicted octanol–water partition coefficient (Wildman–Crippen LogP) is 1.50. The van der Waals surface area contributed by atoms with Crippen LogP contribution in [0.5, 0.6) is 0 Å². The van der Waals surface area contributed by atoms with Gasteiger partial charge in [-0.1, -0.05) is 18.2 Å². The summed E-state index contributed by atoms with van der Waals surface area (Å²) in [5, 5.41) is 24.5. The molecular weight excluding hydrogens is 408 g/mol. The van der Waals surface area contributed by atoms with E-state index in [1.807, 2.05) is 36.4 Å². The topological polar surface area (TPSA) is 98.9 Å². The standard InChI is InChI=1S/C24H26N4O4/c29-14-13-28-21-6-5-19(15-20(21)16-25-28)17-1-3-18(4-2-17)22(30)26-9-11-27(12-10-26)23(31)24(32)7-8-24/h1-6,15-16,29,32H,7-14H2. The number of carbonyl (C=O) groups excluding carboxylic acids is 2. The molecule has 1 aliphatic heterocycles. The van der Waals surface area contributed by atoms with Gasteiger partial charge in [0.05, 0.1) is 24.9 Å². The summed E-state index contributed by atoms with van der Waals surface area (Å²) < 4.78 is 1.78. The molecule has 8 nitrogen and oxygen atoms in total. The Morgan fingerprint density at radius 3 is 2.25 bits per heavy atom. The Morgan fingerprint density at radius 2 is 1.59 bits per heavy atom. The lowest BCUT2D eigenvalue weighted by molar-refractivity contribution is -0.143.